The fourth-order valence-electron chi connectivity index (χ4n) is 4.26. The van der Waals surface area contributed by atoms with Crippen molar-refractivity contribution >= 4 is 40.2 Å². The number of nitrogens with one attached hydrogen (secondary N) is 2. The molecule has 2 aromatic rings. The van der Waals surface area contributed by atoms with Crippen LogP contribution >= 0.6 is 11.3 Å². The lowest BCUT2D eigenvalue weighted by atomic mass is 10.1. The average molecular weight is 474 g/mol. The van der Waals surface area contributed by atoms with Gasteiger partial charge in [-0.15, -0.1) is 11.3 Å². The van der Waals surface area contributed by atoms with Crippen molar-refractivity contribution in [2.75, 3.05) is 36.5 Å². The molecule has 0 amide bonds. The third kappa shape index (κ3) is 5.00. The number of hydrogen-bond acceptors (Lipinski definition) is 7. The van der Waals surface area contributed by atoms with Gasteiger partial charge in [0.05, 0.1) is 29.5 Å². The van der Waals surface area contributed by atoms with Gasteiger partial charge in [0.25, 0.3) is 0 Å². The molecule has 1 unspecified atom stereocenters. The van der Waals surface area contributed by atoms with Crippen LogP contribution in [0.25, 0.3) is 11.3 Å². The van der Waals surface area contributed by atoms with E-state index < -0.39 is 0 Å². The summed E-state index contributed by atoms with van der Waals surface area (Å²) in [6, 6.07) is 8.53. The number of aryl methyl sites for hydroxylation is 1. The van der Waals surface area contributed by atoms with Gasteiger partial charge < -0.3 is 20.3 Å². The molecule has 0 radical (unpaired) electrons. The average Bonchev–Trinajstić information content (AvgIpc) is 3.16. The standard InChI is InChI=1S/C27H31N5OS/c1-18-4-6-19(2)23(11-5-18)26-29-20(3)25(34-26)24-12-13-28-27(31-24)30-21-7-9-22(10-8-21)32-14-16-33-17-15-32/h4-5,7-13,27,30-31H,6,14-17H2,1-3H3. The van der Waals surface area contributed by atoms with Gasteiger partial charge in [0, 0.05) is 36.3 Å². The lowest BCUT2D eigenvalue weighted by Gasteiger charge is -2.29. The number of benzene rings is 1. The van der Waals surface area contributed by atoms with Gasteiger partial charge in [-0.05, 0) is 57.5 Å². The van der Waals surface area contributed by atoms with Gasteiger partial charge in [-0.3, -0.25) is 0 Å². The molecular formula is C27H31N5OS. The fourth-order valence-corrected chi connectivity index (χ4v) is 5.42. The highest BCUT2D eigenvalue weighted by atomic mass is 32.1. The first kappa shape index (κ1) is 22.6. The molecule has 1 aromatic heterocycles. The molecule has 1 saturated heterocycles. The zero-order valence-corrected chi connectivity index (χ0v) is 20.8. The Balaban J connectivity index is 1.27. The molecule has 1 aliphatic carbocycles. The zero-order chi connectivity index (χ0) is 23.5. The van der Waals surface area contributed by atoms with Crippen molar-refractivity contribution in [3.8, 4) is 0 Å². The highest BCUT2D eigenvalue weighted by Gasteiger charge is 2.19. The van der Waals surface area contributed by atoms with Crippen LogP contribution in [0.5, 0.6) is 0 Å². The van der Waals surface area contributed by atoms with Crippen LogP contribution in [0.1, 0.15) is 35.8 Å². The zero-order valence-electron chi connectivity index (χ0n) is 20.0. The van der Waals surface area contributed by atoms with Crippen LogP contribution < -0.4 is 15.5 Å². The topological polar surface area (TPSA) is 61.8 Å². The maximum Gasteiger partial charge on any atom is 0.194 e. The lowest BCUT2D eigenvalue weighted by Crippen LogP contribution is -2.36. The maximum absolute atomic E-state index is 5.46. The largest absolute Gasteiger partial charge is 0.378 e. The molecule has 0 spiro atoms. The van der Waals surface area contributed by atoms with Gasteiger partial charge in [0.1, 0.15) is 5.01 Å². The van der Waals surface area contributed by atoms with E-state index in [0.717, 1.165) is 59.7 Å². The molecular weight excluding hydrogens is 442 g/mol. The van der Waals surface area contributed by atoms with Crippen LogP contribution in [0, 0.1) is 6.92 Å². The van der Waals surface area contributed by atoms with E-state index in [2.05, 4.69) is 83.8 Å². The quantitative estimate of drug-likeness (QED) is 0.611. The molecule has 176 valence electrons. The van der Waals surface area contributed by atoms with Crippen LogP contribution in [-0.4, -0.2) is 43.8 Å². The molecule has 2 aliphatic heterocycles. The first-order valence-corrected chi connectivity index (χ1v) is 12.6. The van der Waals surface area contributed by atoms with Gasteiger partial charge in [-0.2, -0.15) is 0 Å². The van der Waals surface area contributed by atoms with Gasteiger partial charge in [0.2, 0.25) is 0 Å². The minimum atomic E-state index is -0.232. The van der Waals surface area contributed by atoms with Crippen molar-refractivity contribution in [1.82, 2.24) is 10.3 Å². The number of hydrogen-bond donors (Lipinski definition) is 2. The summed E-state index contributed by atoms with van der Waals surface area (Å²) < 4.78 is 5.46. The Kier molecular flexibility index (Phi) is 6.65. The number of aromatic nitrogens is 1. The highest BCUT2D eigenvalue weighted by Crippen LogP contribution is 2.34. The number of anilines is 2. The Morgan fingerprint density at radius 3 is 2.68 bits per heavy atom. The third-order valence-corrected chi connectivity index (χ3v) is 7.51. The Bertz CT molecular complexity index is 1200. The normalized spacial score (nSPS) is 20.6. The molecule has 3 heterocycles. The second-order valence-electron chi connectivity index (χ2n) is 8.83. The smallest absolute Gasteiger partial charge is 0.194 e. The summed E-state index contributed by atoms with van der Waals surface area (Å²) >= 11 is 1.73. The van der Waals surface area contributed by atoms with Gasteiger partial charge in [-0.1, -0.05) is 29.4 Å². The molecule has 7 heteroatoms. The number of allylic oxidation sites excluding steroid dienone is 7. The molecule has 34 heavy (non-hydrogen) atoms. The van der Waals surface area contributed by atoms with E-state index in [0.29, 0.717) is 0 Å². The van der Waals surface area contributed by atoms with E-state index in [1.807, 2.05) is 12.3 Å². The number of nitrogens with zero attached hydrogens (tertiary/aromatic N) is 3. The predicted molar refractivity (Wildman–Crippen MR) is 143 cm³/mol. The summed E-state index contributed by atoms with van der Waals surface area (Å²) in [4.78, 5) is 13.0. The van der Waals surface area contributed by atoms with Gasteiger partial charge in [0.15, 0.2) is 6.29 Å². The van der Waals surface area contributed by atoms with Crippen LogP contribution in [0.15, 0.2) is 64.7 Å². The number of ether oxygens (including phenoxy) is 1. The van der Waals surface area contributed by atoms with Crippen molar-refractivity contribution in [2.24, 2.45) is 4.99 Å². The maximum atomic E-state index is 5.46. The summed E-state index contributed by atoms with van der Waals surface area (Å²) in [5, 5.41) is 8.09. The summed E-state index contributed by atoms with van der Waals surface area (Å²) in [7, 11) is 0. The number of aliphatic imine (C=N–C) groups is 1. The minimum absolute atomic E-state index is 0.232. The van der Waals surface area contributed by atoms with Crippen molar-refractivity contribution in [1.29, 1.82) is 0 Å². The molecule has 0 bridgehead atoms. The molecule has 6 nitrogen and oxygen atoms in total. The Labute approximate surface area is 205 Å². The summed E-state index contributed by atoms with van der Waals surface area (Å²) in [6.45, 7) is 9.87. The first-order valence-electron chi connectivity index (χ1n) is 11.8. The van der Waals surface area contributed by atoms with E-state index in [1.54, 1.807) is 11.3 Å². The molecule has 1 aromatic carbocycles. The van der Waals surface area contributed by atoms with Gasteiger partial charge in [-0.25, -0.2) is 9.98 Å². The molecule has 5 rings (SSSR count). The predicted octanol–water partition coefficient (Wildman–Crippen LogP) is 5.38. The summed E-state index contributed by atoms with van der Waals surface area (Å²) in [6.07, 6.45) is 11.3. The second-order valence-corrected chi connectivity index (χ2v) is 9.83. The Morgan fingerprint density at radius 1 is 1.09 bits per heavy atom. The molecule has 1 atom stereocenters. The first-order chi connectivity index (χ1) is 16.6. The second kappa shape index (κ2) is 9.99. The highest BCUT2D eigenvalue weighted by molar-refractivity contribution is 7.14. The fraction of sp³-hybridized carbons (Fsp3) is 0.333. The van der Waals surface area contributed by atoms with E-state index in [-0.39, 0.29) is 6.29 Å². The van der Waals surface area contributed by atoms with E-state index in [1.165, 1.54) is 22.4 Å². The van der Waals surface area contributed by atoms with Crippen LogP contribution in [0.3, 0.4) is 0 Å². The van der Waals surface area contributed by atoms with Crippen molar-refractivity contribution in [2.45, 2.75) is 33.5 Å². The third-order valence-electron chi connectivity index (χ3n) is 6.29. The number of thiazole rings is 1. The SMILES string of the molecule is CC1=CCC(C)=C(c2nc(C)c(C3=CC=NC(Nc4ccc(N5CCOCC5)cc4)N3)s2)C=C1. The Morgan fingerprint density at radius 2 is 1.88 bits per heavy atom. The molecule has 3 aliphatic rings. The van der Waals surface area contributed by atoms with Gasteiger partial charge >= 0.3 is 0 Å². The molecule has 1 fully saturated rings. The molecule has 0 saturated carbocycles. The lowest BCUT2D eigenvalue weighted by molar-refractivity contribution is 0.122. The summed E-state index contributed by atoms with van der Waals surface area (Å²) in [5.41, 5.74) is 8.21. The minimum Gasteiger partial charge on any atom is -0.378 e. The number of morpholine rings is 1. The van der Waals surface area contributed by atoms with Crippen LogP contribution in [-0.2, 0) is 4.74 Å². The molecule has 2 N–H and O–H groups in total. The van der Waals surface area contributed by atoms with Crippen LogP contribution in [0.4, 0.5) is 11.4 Å². The van der Waals surface area contributed by atoms with E-state index >= 15 is 0 Å². The monoisotopic (exact) mass is 473 g/mol. The van der Waals surface area contributed by atoms with Crippen molar-refractivity contribution < 1.29 is 4.74 Å². The van der Waals surface area contributed by atoms with Crippen molar-refractivity contribution in [3.63, 3.8) is 0 Å². The number of rotatable bonds is 5. The van der Waals surface area contributed by atoms with E-state index in [9.17, 15) is 0 Å². The van der Waals surface area contributed by atoms with Crippen LogP contribution in [0.2, 0.25) is 0 Å². The van der Waals surface area contributed by atoms with Crippen molar-refractivity contribution in [3.05, 3.63) is 75.3 Å². The Hall–Kier alpha value is -3.16. The summed E-state index contributed by atoms with van der Waals surface area (Å²) in [5.74, 6) is 0. The van der Waals surface area contributed by atoms with E-state index in [4.69, 9.17) is 9.72 Å².